The molecule has 1 saturated carbocycles. The summed E-state index contributed by atoms with van der Waals surface area (Å²) in [5.74, 6) is -0.0949. The highest BCUT2D eigenvalue weighted by molar-refractivity contribution is 8.01. The highest BCUT2D eigenvalue weighted by Gasteiger charge is 2.28. The first-order valence-electron chi connectivity index (χ1n) is 11.9. The Morgan fingerprint density at radius 1 is 1.18 bits per heavy atom. The topological polar surface area (TPSA) is 82.5 Å². The fourth-order valence-corrected chi connectivity index (χ4v) is 5.94. The number of benzene rings is 1. The number of thiazole rings is 1. The van der Waals surface area contributed by atoms with E-state index in [1.165, 1.54) is 53.5 Å². The zero-order chi connectivity index (χ0) is 23.6. The molecule has 180 valence electrons. The Labute approximate surface area is 205 Å². The Kier molecular flexibility index (Phi) is 10.1. The molecule has 1 aromatic heterocycles. The number of carboxylic acid groups (broad SMARTS) is 1. The van der Waals surface area contributed by atoms with Crippen LogP contribution in [0.4, 0.5) is 9.93 Å². The van der Waals surface area contributed by atoms with E-state index >= 15 is 0 Å². The van der Waals surface area contributed by atoms with E-state index in [1.807, 2.05) is 4.90 Å². The van der Waals surface area contributed by atoms with Crippen LogP contribution in [0, 0.1) is 12.8 Å². The zero-order valence-electron chi connectivity index (χ0n) is 19.6. The number of unbranched alkanes of at least 4 members (excludes halogenated alkanes) is 1. The minimum atomic E-state index is -0.863. The van der Waals surface area contributed by atoms with E-state index in [1.54, 1.807) is 6.20 Å². The lowest BCUT2D eigenvalue weighted by Gasteiger charge is -2.36. The van der Waals surface area contributed by atoms with Gasteiger partial charge in [-0.2, -0.15) is 0 Å². The quantitative estimate of drug-likeness (QED) is 0.280. The molecule has 6 nitrogen and oxygen atoms in total. The second kappa shape index (κ2) is 13.0. The summed E-state index contributed by atoms with van der Waals surface area (Å²) >= 11 is 2.55. The standard InChI is InChI=1S/C25H35N3O3S2/c1-3-19-11-13-21(14-12-19)28(15-5-4-6-20-9-7-18(2)8-10-20)25(31)27-24-26-16-23(33-24)32-17-22(29)30/h7-10,16,19,21H,3-6,11-15,17H2,1-2H3,(H,29,30)(H,26,27,31). The number of aromatic nitrogens is 1. The van der Waals surface area contributed by atoms with Crippen LogP contribution in [-0.4, -0.2) is 45.3 Å². The number of carboxylic acids is 1. The van der Waals surface area contributed by atoms with Crippen molar-refractivity contribution in [2.75, 3.05) is 17.6 Å². The van der Waals surface area contributed by atoms with Crippen molar-refractivity contribution in [1.29, 1.82) is 0 Å². The number of hydrogen-bond acceptors (Lipinski definition) is 5. The Balaban J connectivity index is 1.56. The van der Waals surface area contributed by atoms with Gasteiger partial charge in [0.25, 0.3) is 0 Å². The SMILES string of the molecule is CCC1CCC(N(CCCCc2ccc(C)cc2)C(=O)Nc2ncc(SCC(=O)O)s2)CC1. The van der Waals surface area contributed by atoms with E-state index in [9.17, 15) is 9.59 Å². The number of aryl methyl sites for hydroxylation is 2. The highest BCUT2D eigenvalue weighted by atomic mass is 32.2. The maximum absolute atomic E-state index is 13.2. The molecule has 1 aromatic carbocycles. The number of carbonyl (C=O) groups is 2. The lowest BCUT2D eigenvalue weighted by molar-refractivity contribution is -0.133. The number of hydrogen-bond donors (Lipinski definition) is 2. The van der Waals surface area contributed by atoms with Crippen LogP contribution in [0.2, 0.25) is 0 Å². The number of nitrogens with one attached hydrogen (secondary N) is 1. The second-order valence-corrected chi connectivity index (χ2v) is 11.1. The minimum absolute atomic E-state index is 0.0106. The summed E-state index contributed by atoms with van der Waals surface area (Å²) in [7, 11) is 0. The van der Waals surface area contributed by atoms with Crippen molar-refractivity contribution in [3.8, 4) is 0 Å². The number of aliphatic carboxylic acids is 1. The average molecular weight is 490 g/mol. The normalized spacial score (nSPS) is 18.1. The lowest BCUT2D eigenvalue weighted by Crippen LogP contribution is -2.45. The monoisotopic (exact) mass is 489 g/mol. The molecular formula is C25H35N3O3S2. The van der Waals surface area contributed by atoms with Gasteiger partial charge < -0.3 is 10.0 Å². The van der Waals surface area contributed by atoms with Crippen LogP contribution in [0.25, 0.3) is 0 Å². The summed E-state index contributed by atoms with van der Waals surface area (Å²) < 4.78 is 0.792. The average Bonchev–Trinajstić information content (AvgIpc) is 3.26. The van der Waals surface area contributed by atoms with Crippen LogP contribution in [0.15, 0.2) is 34.7 Å². The van der Waals surface area contributed by atoms with Gasteiger partial charge >= 0.3 is 12.0 Å². The van der Waals surface area contributed by atoms with Crippen molar-refractivity contribution >= 4 is 40.2 Å². The van der Waals surface area contributed by atoms with Gasteiger partial charge in [0.1, 0.15) is 0 Å². The van der Waals surface area contributed by atoms with Gasteiger partial charge in [-0.05, 0) is 63.4 Å². The van der Waals surface area contributed by atoms with Gasteiger partial charge in [0, 0.05) is 12.6 Å². The van der Waals surface area contributed by atoms with E-state index in [0.717, 1.165) is 48.8 Å². The molecular weight excluding hydrogens is 454 g/mol. The molecule has 0 saturated heterocycles. The van der Waals surface area contributed by atoms with Crippen LogP contribution in [0.1, 0.15) is 63.0 Å². The highest BCUT2D eigenvalue weighted by Crippen LogP contribution is 2.31. The summed E-state index contributed by atoms with van der Waals surface area (Å²) in [6.07, 6.45) is 10.4. The largest absolute Gasteiger partial charge is 0.481 e. The van der Waals surface area contributed by atoms with Crippen LogP contribution >= 0.6 is 23.1 Å². The van der Waals surface area contributed by atoms with Crippen LogP contribution in [0.5, 0.6) is 0 Å². The number of thioether (sulfide) groups is 1. The number of anilines is 1. The van der Waals surface area contributed by atoms with Gasteiger partial charge in [-0.15, -0.1) is 11.8 Å². The van der Waals surface area contributed by atoms with E-state index in [0.29, 0.717) is 5.13 Å². The number of rotatable bonds is 11. The number of carbonyl (C=O) groups excluding carboxylic acids is 1. The van der Waals surface area contributed by atoms with Crippen LogP contribution in [-0.2, 0) is 11.2 Å². The van der Waals surface area contributed by atoms with Gasteiger partial charge in [0.15, 0.2) is 5.13 Å². The second-order valence-electron chi connectivity index (χ2n) is 8.82. The van der Waals surface area contributed by atoms with E-state index in [4.69, 9.17) is 5.11 Å². The number of nitrogens with zero attached hydrogens (tertiary/aromatic N) is 2. The molecule has 2 N–H and O–H groups in total. The van der Waals surface area contributed by atoms with Crippen molar-refractivity contribution in [3.05, 3.63) is 41.6 Å². The smallest absolute Gasteiger partial charge is 0.323 e. The van der Waals surface area contributed by atoms with Gasteiger partial charge in [0.05, 0.1) is 16.2 Å². The molecule has 33 heavy (non-hydrogen) atoms. The van der Waals surface area contributed by atoms with Gasteiger partial charge in [-0.1, -0.05) is 54.5 Å². The van der Waals surface area contributed by atoms with E-state index < -0.39 is 5.97 Å². The summed E-state index contributed by atoms with van der Waals surface area (Å²) in [5.41, 5.74) is 2.62. The van der Waals surface area contributed by atoms with Crippen molar-refractivity contribution in [2.24, 2.45) is 5.92 Å². The van der Waals surface area contributed by atoms with E-state index in [-0.39, 0.29) is 17.8 Å². The van der Waals surface area contributed by atoms with Crippen molar-refractivity contribution < 1.29 is 14.7 Å². The Bertz CT molecular complexity index is 893. The maximum atomic E-state index is 13.2. The molecule has 0 atom stereocenters. The summed E-state index contributed by atoms with van der Waals surface area (Å²) in [6.45, 7) is 5.10. The lowest BCUT2D eigenvalue weighted by atomic mass is 9.84. The summed E-state index contributed by atoms with van der Waals surface area (Å²) in [5, 5.41) is 12.4. The zero-order valence-corrected chi connectivity index (χ0v) is 21.2. The van der Waals surface area contributed by atoms with Crippen LogP contribution < -0.4 is 5.32 Å². The molecule has 3 rings (SSSR count). The Hall–Kier alpha value is -2.06. The van der Waals surface area contributed by atoms with E-state index in [2.05, 4.69) is 48.4 Å². The fraction of sp³-hybridized carbons (Fsp3) is 0.560. The molecule has 0 bridgehead atoms. The molecule has 2 amide bonds. The van der Waals surface area contributed by atoms with Crippen molar-refractivity contribution in [1.82, 2.24) is 9.88 Å². The van der Waals surface area contributed by atoms with Gasteiger partial charge in [-0.25, -0.2) is 9.78 Å². The van der Waals surface area contributed by atoms with Gasteiger partial charge in [-0.3, -0.25) is 10.1 Å². The predicted octanol–water partition coefficient (Wildman–Crippen LogP) is 6.45. The van der Waals surface area contributed by atoms with Crippen molar-refractivity contribution in [3.63, 3.8) is 0 Å². The van der Waals surface area contributed by atoms with Gasteiger partial charge in [0.2, 0.25) is 0 Å². The third-order valence-corrected chi connectivity index (χ3v) is 8.46. The molecule has 2 aromatic rings. The third kappa shape index (κ3) is 8.34. The molecule has 1 heterocycles. The minimum Gasteiger partial charge on any atom is -0.481 e. The first kappa shape index (κ1) is 25.6. The molecule has 1 aliphatic carbocycles. The Morgan fingerprint density at radius 3 is 2.58 bits per heavy atom. The number of urea groups is 1. The molecule has 0 radical (unpaired) electrons. The van der Waals surface area contributed by atoms with Crippen molar-refractivity contribution in [2.45, 2.75) is 75.5 Å². The summed E-state index contributed by atoms with van der Waals surface area (Å²) in [4.78, 5) is 30.3. The molecule has 0 unspecified atom stereocenters. The molecule has 1 fully saturated rings. The summed E-state index contributed by atoms with van der Waals surface area (Å²) in [6, 6.07) is 8.86. The Morgan fingerprint density at radius 2 is 1.91 bits per heavy atom. The first-order valence-corrected chi connectivity index (χ1v) is 13.7. The third-order valence-electron chi connectivity index (χ3n) is 6.37. The maximum Gasteiger partial charge on any atom is 0.323 e. The first-order chi connectivity index (χ1) is 15.9. The molecule has 0 spiro atoms. The predicted molar refractivity (Wildman–Crippen MR) is 136 cm³/mol. The molecule has 8 heteroatoms. The molecule has 1 aliphatic rings. The fourth-order valence-electron chi connectivity index (χ4n) is 4.36. The van der Waals surface area contributed by atoms with Crippen LogP contribution in [0.3, 0.4) is 0 Å². The molecule has 0 aliphatic heterocycles. The number of amides is 2.